The van der Waals surface area contributed by atoms with E-state index in [2.05, 4.69) is 0 Å². The fourth-order valence-corrected chi connectivity index (χ4v) is 8.42. The number of allylic oxidation sites excluding steroid dienone is 1. The maximum atomic E-state index is 13.8. The first-order valence-corrected chi connectivity index (χ1v) is 13.3. The van der Waals surface area contributed by atoms with E-state index in [4.69, 9.17) is 16.3 Å². The number of esters is 1. The molecule has 1 aromatic rings. The van der Waals surface area contributed by atoms with Crippen molar-refractivity contribution in [2.45, 2.75) is 43.1 Å². The summed E-state index contributed by atoms with van der Waals surface area (Å²) in [4.78, 5) is 39.3. The molecule has 0 heterocycles. The summed E-state index contributed by atoms with van der Waals surface area (Å²) in [6, 6.07) is 5.11. The molecular weight excluding hydrogens is 484 g/mol. The van der Waals surface area contributed by atoms with Crippen molar-refractivity contribution < 1.29 is 37.8 Å². The lowest BCUT2D eigenvalue weighted by molar-refractivity contribution is -0.139. The zero-order chi connectivity index (χ0) is 24.8. The van der Waals surface area contributed by atoms with Gasteiger partial charge < -0.3 is 14.9 Å². The Morgan fingerprint density at radius 3 is 2.35 bits per heavy atom. The van der Waals surface area contributed by atoms with Gasteiger partial charge in [0.15, 0.2) is 21.4 Å². The quantitative estimate of drug-likeness (QED) is 0.436. The molecule has 0 radical (unpaired) electrons. The Morgan fingerprint density at radius 2 is 1.76 bits per heavy atom. The number of sulfone groups is 1. The van der Waals surface area contributed by atoms with E-state index in [1.54, 1.807) is 25.1 Å². The number of hydrogen-bond acceptors (Lipinski definition) is 8. The van der Waals surface area contributed by atoms with Crippen LogP contribution in [0.3, 0.4) is 0 Å². The number of halogens is 1. The van der Waals surface area contributed by atoms with Crippen LogP contribution in [0.1, 0.15) is 42.6 Å². The number of fused-ring (bicyclic) bond motifs is 1. The molecule has 0 amide bonds. The summed E-state index contributed by atoms with van der Waals surface area (Å²) in [6.07, 6.45) is 1.69. The molecule has 4 atom stereocenters. The highest BCUT2D eigenvalue weighted by Crippen LogP contribution is 2.51. The minimum atomic E-state index is -3.97. The number of carbonyl (C=O) groups is 3. The lowest BCUT2D eigenvalue weighted by Gasteiger charge is -2.34. The van der Waals surface area contributed by atoms with E-state index in [1.807, 2.05) is 0 Å². The summed E-state index contributed by atoms with van der Waals surface area (Å²) < 4.78 is 32.8. The molecule has 1 saturated carbocycles. The van der Waals surface area contributed by atoms with E-state index in [0.29, 0.717) is 23.4 Å². The number of aliphatic hydroxyl groups is 2. The number of ketones is 2. The molecule has 8 nitrogen and oxygen atoms in total. The zero-order valence-electron chi connectivity index (χ0n) is 18.7. The smallest absolute Gasteiger partial charge is 0.335 e. The van der Waals surface area contributed by atoms with Crippen LogP contribution in [-0.2, 0) is 35.4 Å². The van der Waals surface area contributed by atoms with Gasteiger partial charge in [-0.1, -0.05) is 29.8 Å². The van der Waals surface area contributed by atoms with Crippen molar-refractivity contribution in [2.75, 3.05) is 19.8 Å². The topological polar surface area (TPSA) is 135 Å². The van der Waals surface area contributed by atoms with Crippen molar-refractivity contribution in [1.29, 1.82) is 0 Å². The van der Waals surface area contributed by atoms with Gasteiger partial charge in [0.1, 0.15) is 5.41 Å². The predicted octanol–water partition coefficient (Wildman–Crippen LogP) is 1.75. The monoisotopic (exact) mass is 510 g/mol. The van der Waals surface area contributed by atoms with E-state index in [-0.39, 0.29) is 25.0 Å². The first-order chi connectivity index (χ1) is 16.1. The molecule has 0 saturated heterocycles. The Morgan fingerprint density at radius 1 is 1.12 bits per heavy atom. The van der Waals surface area contributed by atoms with Gasteiger partial charge in [-0.2, -0.15) is 0 Å². The Labute approximate surface area is 202 Å². The van der Waals surface area contributed by atoms with Gasteiger partial charge in [-0.05, 0) is 49.8 Å². The maximum Gasteiger partial charge on any atom is 0.335 e. The van der Waals surface area contributed by atoms with E-state index < -0.39 is 68.3 Å². The van der Waals surface area contributed by atoms with Crippen LogP contribution in [0.15, 0.2) is 29.8 Å². The second kappa shape index (κ2) is 9.18. The molecule has 1 fully saturated rings. The molecule has 1 aromatic carbocycles. The van der Waals surface area contributed by atoms with Crippen molar-refractivity contribution >= 4 is 39.0 Å². The van der Waals surface area contributed by atoms with E-state index in [0.717, 1.165) is 11.6 Å². The van der Waals surface area contributed by atoms with E-state index >= 15 is 0 Å². The molecule has 0 aromatic heterocycles. The molecule has 3 aliphatic rings. The second-order valence-corrected chi connectivity index (χ2v) is 11.8. The van der Waals surface area contributed by atoms with E-state index in [1.165, 1.54) is 0 Å². The van der Waals surface area contributed by atoms with Crippen LogP contribution in [0.5, 0.6) is 0 Å². The molecule has 34 heavy (non-hydrogen) atoms. The molecule has 1 spiro atoms. The fourth-order valence-electron chi connectivity index (χ4n) is 5.76. The number of carbonyl (C=O) groups excluding carboxylic acids is 3. The van der Waals surface area contributed by atoms with Crippen LogP contribution in [0.2, 0.25) is 5.02 Å². The molecule has 0 bridgehead atoms. The van der Waals surface area contributed by atoms with E-state index in [9.17, 15) is 33.0 Å². The van der Waals surface area contributed by atoms with Crippen molar-refractivity contribution in [3.05, 3.63) is 46.0 Å². The first kappa shape index (κ1) is 25.0. The number of aliphatic hydroxyl groups excluding tert-OH is 2. The third kappa shape index (κ3) is 3.64. The fraction of sp³-hybridized carbons (Fsp3) is 0.542. The molecule has 4 rings (SSSR count). The van der Waals surface area contributed by atoms with Crippen molar-refractivity contribution in [1.82, 2.24) is 0 Å². The third-order valence-electron chi connectivity index (χ3n) is 7.44. The standard InChI is InChI=1S/C24H27ClO8S/c1-2-33-23(30)15-10-24(21(28)16(11-26)17(12-27)22(24)29)9-8-20(15)34(31,32)19-7-6-13-14(19)4-3-5-18(13)25/h3-5,10,16-17,19-20,26-27H,2,6-9,11-12H2,1H3/t16-,17-,19?,20?/m1/s1. The van der Waals surface area contributed by atoms with Crippen LogP contribution >= 0.6 is 11.6 Å². The summed E-state index contributed by atoms with van der Waals surface area (Å²) in [6.45, 7) is 0.312. The maximum absolute atomic E-state index is 13.8. The van der Waals surface area contributed by atoms with Gasteiger partial charge in [-0.25, -0.2) is 13.2 Å². The first-order valence-electron chi connectivity index (χ1n) is 11.3. The molecule has 3 aliphatic carbocycles. The summed E-state index contributed by atoms with van der Waals surface area (Å²) in [5.74, 6) is -4.30. The van der Waals surface area contributed by atoms with Gasteiger partial charge in [-0.3, -0.25) is 9.59 Å². The van der Waals surface area contributed by atoms with Gasteiger partial charge >= 0.3 is 5.97 Å². The molecule has 2 N–H and O–H groups in total. The second-order valence-electron chi connectivity index (χ2n) is 9.05. The minimum absolute atomic E-state index is 0.0156. The van der Waals surface area contributed by atoms with Gasteiger partial charge in [0, 0.05) is 5.02 Å². The normalized spacial score (nSPS) is 28.2. The highest BCUT2D eigenvalue weighted by molar-refractivity contribution is 7.92. The van der Waals surface area contributed by atoms with Crippen molar-refractivity contribution in [2.24, 2.45) is 17.3 Å². The van der Waals surface area contributed by atoms with Crippen LogP contribution in [0.4, 0.5) is 0 Å². The molecule has 2 unspecified atom stereocenters. The third-order valence-corrected chi connectivity index (χ3v) is 10.4. The Hall–Kier alpha value is -2.07. The SMILES string of the molecule is CCOC(=O)C1=CC2(CCC1S(=O)(=O)C1CCc3c(Cl)cccc31)C(=O)[C@H](CO)[C@@H](CO)C2=O. The van der Waals surface area contributed by atoms with Crippen LogP contribution < -0.4 is 0 Å². The minimum Gasteiger partial charge on any atom is -0.463 e. The van der Waals surface area contributed by atoms with Gasteiger partial charge in [0.2, 0.25) is 0 Å². The summed E-state index contributed by atoms with van der Waals surface area (Å²) in [5.41, 5.74) is -0.624. The molecule has 10 heteroatoms. The summed E-state index contributed by atoms with van der Waals surface area (Å²) in [7, 11) is -3.97. The highest BCUT2D eigenvalue weighted by atomic mass is 35.5. The lowest BCUT2D eigenvalue weighted by atomic mass is 9.72. The average molecular weight is 511 g/mol. The Bertz CT molecular complexity index is 1150. The highest BCUT2D eigenvalue weighted by Gasteiger charge is 2.61. The Balaban J connectivity index is 1.80. The summed E-state index contributed by atoms with van der Waals surface area (Å²) in [5, 5.41) is 17.7. The van der Waals surface area contributed by atoms with Gasteiger partial charge in [0.25, 0.3) is 0 Å². The summed E-state index contributed by atoms with van der Waals surface area (Å²) >= 11 is 6.26. The number of rotatable bonds is 6. The number of Topliss-reactive ketones (excluding diaryl/α,β-unsaturated/α-hetero) is 2. The molecule has 184 valence electrons. The zero-order valence-corrected chi connectivity index (χ0v) is 20.3. The van der Waals surface area contributed by atoms with Crippen LogP contribution in [0, 0.1) is 17.3 Å². The van der Waals surface area contributed by atoms with Crippen molar-refractivity contribution in [3.63, 3.8) is 0 Å². The number of ether oxygens (including phenoxy) is 1. The Kier molecular flexibility index (Phi) is 6.76. The van der Waals surface area contributed by atoms with Crippen molar-refractivity contribution in [3.8, 4) is 0 Å². The number of benzene rings is 1. The largest absolute Gasteiger partial charge is 0.463 e. The average Bonchev–Trinajstić information content (AvgIpc) is 3.34. The number of hydrogen-bond donors (Lipinski definition) is 2. The lowest BCUT2D eigenvalue weighted by Crippen LogP contribution is -2.43. The van der Waals surface area contributed by atoms with Crippen LogP contribution in [-0.4, -0.2) is 61.2 Å². The van der Waals surface area contributed by atoms with Gasteiger partial charge in [0.05, 0.1) is 47.7 Å². The predicted molar refractivity (Wildman–Crippen MR) is 123 cm³/mol. The molecule has 0 aliphatic heterocycles. The van der Waals surface area contributed by atoms with Gasteiger partial charge in [-0.15, -0.1) is 0 Å². The van der Waals surface area contributed by atoms with Crippen LogP contribution in [0.25, 0.3) is 0 Å². The molecular formula is C24H27ClO8S.